The molecule has 0 radical (unpaired) electrons. The van der Waals surface area contributed by atoms with Gasteiger partial charge in [-0.2, -0.15) is 0 Å². The molecule has 3 aromatic carbocycles. The second-order valence-electron chi connectivity index (χ2n) is 7.46. The molecule has 4 atom stereocenters. The number of carbonyl (C=O) groups is 1. The molecule has 0 spiro atoms. The van der Waals surface area contributed by atoms with Gasteiger partial charge in [-0.25, -0.2) is 4.39 Å². The second-order valence-corrected chi connectivity index (χ2v) is 9.78. The van der Waals surface area contributed by atoms with Crippen LogP contribution in [0.4, 0.5) is 4.39 Å². The van der Waals surface area contributed by atoms with Crippen molar-refractivity contribution in [3.8, 4) is 0 Å². The lowest BCUT2D eigenvalue weighted by atomic mass is 9.89. The minimum Gasteiger partial charge on any atom is -0.481 e. The maximum atomic E-state index is 15.0. The summed E-state index contributed by atoms with van der Waals surface area (Å²) in [5.74, 6) is -5.57. The zero-order chi connectivity index (χ0) is 21.0. The van der Waals surface area contributed by atoms with Crippen LogP contribution in [0.15, 0.2) is 72.8 Å². The maximum absolute atomic E-state index is 15.0. The van der Waals surface area contributed by atoms with Crippen molar-refractivity contribution in [1.82, 2.24) is 0 Å². The zero-order valence-electron chi connectivity index (χ0n) is 16.1. The fraction of sp³-hybridized carbons (Fsp3) is 0.261. The van der Waals surface area contributed by atoms with E-state index in [0.29, 0.717) is 5.56 Å². The highest BCUT2D eigenvalue weighted by Gasteiger charge is 2.42. The molecule has 0 aliphatic carbocycles. The van der Waals surface area contributed by atoms with Crippen molar-refractivity contribution in [2.24, 2.45) is 5.92 Å². The van der Waals surface area contributed by atoms with E-state index in [2.05, 4.69) is 0 Å². The first-order valence-electron chi connectivity index (χ1n) is 9.49. The van der Waals surface area contributed by atoms with Crippen LogP contribution in [0, 0.1) is 5.92 Å². The predicted octanol–water partition coefficient (Wildman–Crippen LogP) is 5.80. The SMILES string of the molecule is CC(CC(C(=O)O)C(F)P(=O)(O)Cc1ccccc1)c1ccc2ccccc2c1. The Morgan fingerprint density at radius 1 is 1.00 bits per heavy atom. The number of hydrogen-bond donors (Lipinski definition) is 2. The van der Waals surface area contributed by atoms with Crippen LogP contribution in [0.5, 0.6) is 0 Å². The van der Waals surface area contributed by atoms with Gasteiger partial charge < -0.3 is 10.00 Å². The minimum atomic E-state index is -4.35. The molecule has 0 aromatic heterocycles. The van der Waals surface area contributed by atoms with Crippen LogP contribution in [-0.4, -0.2) is 21.9 Å². The Morgan fingerprint density at radius 3 is 2.28 bits per heavy atom. The lowest BCUT2D eigenvalue weighted by molar-refractivity contribution is -0.143. The summed E-state index contributed by atoms with van der Waals surface area (Å²) in [5, 5.41) is 11.6. The number of carboxylic acids is 1. The fourth-order valence-electron chi connectivity index (χ4n) is 3.58. The van der Waals surface area contributed by atoms with Gasteiger partial charge in [0.2, 0.25) is 7.37 Å². The van der Waals surface area contributed by atoms with E-state index in [-0.39, 0.29) is 18.5 Å². The van der Waals surface area contributed by atoms with Crippen LogP contribution in [0.2, 0.25) is 0 Å². The van der Waals surface area contributed by atoms with E-state index < -0.39 is 25.2 Å². The van der Waals surface area contributed by atoms with Gasteiger partial charge in [-0.3, -0.25) is 9.36 Å². The number of carboxylic acid groups (broad SMARTS) is 1. The number of halogens is 1. The van der Waals surface area contributed by atoms with Gasteiger partial charge in [0.1, 0.15) is 0 Å². The Hall–Kier alpha value is -2.49. The van der Waals surface area contributed by atoms with Gasteiger partial charge in [-0.15, -0.1) is 0 Å². The van der Waals surface area contributed by atoms with Gasteiger partial charge >= 0.3 is 5.97 Å². The van der Waals surface area contributed by atoms with Gasteiger partial charge in [-0.1, -0.05) is 79.7 Å². The van der Waals surface area contributed by atoms with Crippen molar-refractivity contribution in [3.63, 3.8) is 0 Å². The number of aliphatic carboxylic acids is 1. The molecule has 3 rings (SSSR count). The van der Waals surface area contributed by atoms with Crippen LogP contribution < -0.4 is 0 Å². The van der Waals surface area contributed by atoms with E-state index in [1.807, 2.05) is 49.4 Å². The molecule has 2 N–H and O–H groups in total. The number of alkyl halides is 1. The van der Waals surface area contributed by atoms with Crippen LogP contribution in [0.1, 0.15) is 30.4 Å². The molecule has 0 aliphatic rings. The third kappa shape index (κ3) is 5.11. The summed E-state index contributed by atoms with van der Waals surface area (Å²) in [6, 6.07) is 22.0. The summed E-state index contributed by atoms with van der Waals surface area (Å²) >= 11 is 0. The second kappa shape index (κ2) is 8.89. The Kier molecular flexibility index (Phi) is 6.51. The van der Waals surface area contributed by atoms with Crippen LogP contribution in [0.3, 0.4) is 0 Å². The van der Waals surface area contributed by atoms with Gasteiger partial charge in [0.05, 0.1) is 12.1 Å². The Bertz CT molecular complexity index is 1040. The van der Waals surface area contributed by atoms with E-state index in [4.69, 9.17) is 0 Å². The molecule has 152 valence electrons. The molecular formula is C23H24FO4P. The molecule has 0 saturated carbocycles. The highest BCUT2D eigenvalue weighted by Crippen LogP contribution is 2.54. The van der Waals surface area contributed by atoms with Crippen molar-refractivity contribution in [2.45, 2.75) is 31.3 Å². The summed E-state index contributed by atoms with van der Waals surface area (Å²) in [6.07, 6.45) is -0.447. The predicted molar refractivity (Wildman–Crippen MR) is 113 cm³/mol. The van der Waals surface area contributed by atoms with E-state index in [0.717, 1.165) is 16.3 Å². The lowest BCUT2D eigenvalue weighted by Gasteiger charge is -2.25. The number of fused-ring (bicyclic) bond motifs is 1. The average molecular weight is 414 g/mol. The molecule has 6 heteroatoms. The molecule has 3 aromatic rings. The Labute approximate surface area is 169 Å². The van der Waals surface area contributed by atoms with E-state index in [1.54, 1.807) is 30.3 Å². The molecule has 4 unspecified atom stereocenters. The summed E-state index contributed by atoms with van der Waals surface area (Å²) in [5.41, 5.74) is 1.38. The monoisotopic (exact) mass is 414 g/mol. The topological polar surface area (TPSA) is 74.6 Å². The lowest BCUT2D eigenvalue weighted by Crippen LogP contribution is -2.27. The third-order valence-electron chi connectivity index (χ3n) is 5.24. The summed E-state index contributed by atoms with van der Waals surface area (Å²) in [4.78, 5) is 22.0. The largest absolute Gasteiger partial charge is 0.481 e. The van der Waals surface area contributed by atoms with Gasteiger partial charge in [0, 0.05) is 0 Å². The fourth-order valence-corrected chi connectivity index (χ4v) is 5.30. The van der Waals surface area contributed by atoms with Crippen LogP contribution in [-0.2, 0) is 15.5 Å². The van der Waals surface area contributed by atoms with Crippen molar-refractivity contribution in [3.05, 3.63) is 83.9 Å². The summed E-state index contributed by atoms with van der Waals surface area (Å²) in [7, 11) is -4.35. The molecule has 0 amide bonds. The zero-order valence-corrected chi connectivity index (χ0v) is 17.0. The van der Waals surface area contributed by atoms with Crippen molar-refractivity contribution in [2.75, 3.05) is 0 Å². The number of benzene rings is 3. The van der Waals surface area contributed by atoms with Crippen molar-refractivity contribution >= 4 is 24.1 Å². The molecule has 29 heavy (non-hydrogen) atoms. The van der Waals surface area contributed by atoms with E-state index in [1.165, 1.54) is 0 Å². The molecule has 0 aliphatic heterocycles. The Morgan fingerprint density at radius 2 is 1.62 bits per heavy atom. The van der Waals surface area contributed by atoms with Crippen molar-refractivity contribution in [1.29, 1.82) is 0 Å². The van der Waals surface area contributed by atoms with Crippen LogP contribution >= 0.6 is 7.37 Å². The first-order valence-corrected chi connectivity index (χ1v) is 11.4. The third-order valence-corrected chi connectivity index (χ3v) is 7.19. The van der Waals surface area contributed by atoms with E-state index in [9.17, 15) is 19.4 Å². The highest BCUT2D eigenvalue weighted by atomic mass is 31.2. The smallest absolute Gasteiger partial charge is 0.310 e. The molecule has 4 nitrogen and oxygen atoms in total. The molecule has 0 bridgehead atoms. The summed E-state index contributed by atoms with van der Waals surface area (Å²) < 4.78 is 27.7. The van der Waals surface area contributed by atoms with Gasteiger partial charge in [0.15, 0.2) is 5.91 Å². The minimum absolute atomic E-state index is 0.0613. The van der Waals surface area contributed by atoms with Crippen LogP contribution in [0.25, 0.3) is 10.8 Å². The van der Waals surface area contributed by atoms with E-state index >= 15 is 4.39 Å². The maximum Gasteiger partial charge on any atom is 0.310 e. The number of rotatable bonds is 8. The first-order chi connectivity index (χ1) is 13.8. The Balaban J connectivity index is 1.79. The average Bonchev–Trinajstić information content (AvgIpc) is 2.71. The van der Waals surface area contributed by atoms with Gasteiger partial charge in [0.25, 0.3) is 0 Å². The quantitative estimate of drug-likeness (QED) is 0.457. The first kappa shape index (κ1) is 21.2. The van der Waals surface area contributed by atoms with Crippen molar-refractivity contribution < 1.29 is 23.7 Å². The number of hydrogen-bond acceptors (Lipinski definition) is 2. The molecule has 0 saturated heterocycles. The molecule has 0 heterocycles. The van der Waals surface area contributed by atoms with Gasteiger partial charge in [-0.05, 0) is 34.2 Å². The standard InChI is InChI=1S/C23H24FO4P/c1-16(19-12-11-18-9-5-6-10-20(18)14-19)13-21(23(25)26)22(24)29(27,28)15-17-7-3-2-4-8-17/h2-12,14,16,21-22H,13,15H2,1H3,(H,25,26)(H,27,28). The molecular weight excluding hydrogens is 390 g/mol. The normalized spacial score (nSPS) is 16.7. The summed E-state index contributed by atoms with van der Waals surface area (Å²) in [6.45, 7) is 1.81. The highest BCUT2D eigenvalue weighted by molar-refractivity contribution is 7.57. The molecule has 0 fully saturated rings.